The summed E-state index contributed by atoms with van der Waals surface area (Å²) in [6, 6.07) is 35.2. The lowest BCUT2D eigenvalue weighted by Crippen LogP contribution is -1.91. The predicted octanol–water partition coefficient (Wildman–Crippen LogP) is 8.91. The van der Waals surface area contributed by atoms with Crippen LogP contribution >= 0.6 is 0 Å². The van der Waals surface area contributed by atoms with Crippen molar-refractivity contribution >= 4 is 43.6 Å². The summed E-state index contributed by atoms with van der Waals surface area (Å²) in [6.45, 7) is 4.29. The second-order valence-electron chi connectivity index (χ2n) is 9.32. The van der Waals surface area contributed by atoms with Crippen molar-refractivity contribution in [2.45, 2.75) is 13.8 Å². The summed E-state index contributed by atoms with van der Waals surface area (Å²) in [5, 5.41) is 5.05. The Morgan fingerprint density at radius 2 is 0.912 bits per heavy atom. The van der Waals surface area contributed by atoms with Crippen molar-refractivity contribution in [3.05, 3.63) is 108 Å². The summed E-state index contributed by atoms with van der Waals surface area (Å²) >= 11 is 0. The zero-order valence-electron chi connectivity index (χ0n) is 19.2. The fourth-order valence-electron chi connectivity index (χ4n) is 5.45. The van der Waals surface area contributed by atoms with Crippen molar-refractivity contribution in [2.24, 2.45) is 0 Å². The first-order valence-electron chi connectivity index (χ1n) is 11.8. The molecule has 2 heteroatoms. The smallest absolute Gasteiger partial charge is 0.0573 e. The van der Waals surface area contributed by atoms with Crippen LogP contribution in [-0.4, -0.2) is 9.97 Å². The molecule has 0 saturated carbocycles. The number of hydrogen-bond donors (Lipinski definition) is 2. The first kappa shape index (κ1) is 19.2. The molecule has 162 valence electrons. The molecule has 0 unspecified atom stereocenters. The number of hydrogen-bond acceptors (Lipinski definition) is 0. The summed E-state index contributed by atoms with van der Waals surface area (Å²) in [4.78, 5) is 7.59. The molecule has 0 radical (unpaired) electrons. The van der Waals surface area contributed by atoms with Gasteiger partial charge in [0.2, 0.25) is 0 Å². The SMILES string of the molecule is Cc1ccc(-c2c(-c3ccc(C)cc3)c3c4ccccc4[nH]c3c3c2[nH]c2ccccc23)cc1. The average molecular weight is 437 g/mol. The van der Waals surface area contributed by atoms with Gasteiger partial charge in [0.1, 0.15) is 0 Å². The van der Waals surface area contributed by atoms with Gasteiger partial charge in [0.05, 0.1) is 11.0 Å². The molecule has 0 aliphatic rings. The first-order valence-corrected chi connectivity index (χ1v) is 11.8. The number of benzene rings is 5. The van der Waals surface area contributed by atoms with Crippen LogP contribution < -0.4 is 0 Å². The van der Waals surface area contributed by atoms with E-state index in [9.17, 15) is 0 Å². The van der Waals surface area contributed by atoms with Crippen LogP contribution in [0.3, 0.4) is 0 Å². The molecule has 0 bridgehead atoms. The quantitative estimate of drug-likeness (QED) is 0.271. The summed E-state index contributed by atoms with van der Waals surface area (Å²) < 4.78 is 0. The van der Waals surface area contributed by atoms with Crippen LogP contribution in [0.5, 0.6) is 0 Å². The lowest BCUT2D eigenvalue weighted by Gasteiger charge is -2.15. The maximum absolute atomic E-state index is 3.80. The van der Waals surface area contributed by atoms with Gasteiger partial charge in [0.25, 0.3) is 0 Å². The van der Waals surface area contributed by atoms with Gasteiger partial charge in [0.15, 0.2) is 0 Å². The van der Waals surface area contributed by atoms with Gasteiger partial charge in [-0.2, -0.15) is 0 Å². The Labute approximate surface area is 197 Å². The molecule has 0 fully saturated rings. The summed E-state index contributed by atoms with van der Waals surface area (Å²) in [5.41, 5.74) is 12.2. The number of rotatable bonds is 2. The molecular weight excluding hydrogens is 412 g/mol. The molecule has 34 heavy (non-hydrogen) atoms. The number of aromatic nitrogens is 2. The number of aryl methyl sites for hydroxylation is 2. The van der Waals surface area contributed by atoms with Crippen molar-refractivity contribution in [1.29, 1.82) is 0 Å². The Balaban J connectivity index is 1.80. The van der Waals surface area contributed by atoms with Crippen LogP contribution in [0.25, 0.3) is 65.9 Å². The topological polar surface area (TPSA) is 31.6 Å². The van der Waals surface area contributed by atoms with Crippen LogP contribution in [0.4, 0.5) is 0 Å². The lowest BCUT2D eigenvalue weighted by molar-refractivity contribution is 1.46. The van der Waals surface area contributed by atoms with Crippen LogP contribution in [0.1, 0.15) is 11.1 Å². The Kier molecular flexibility index (Phi) is 4.01. The van der Waals surface area contributed by atoms with E-state index in [0.717, 1.165) is 5.52 Å². The van der Waals surface area contributed by atoms with E-state index in [1.165, 1.54) is 71.5 Å². The number of H-pyrrole nitrogens is 2. The highest BCUT2D eigenvalue weighted by molar-refractivity contribution is 6.32. The maximum Gasteiger partial charge on any atom is 0.0573 e. The van der Waals surface area contributed by atoms with E-state index in [1.54, 1.807) is 0 Å². The predicted molar refractivity (Wildman–Crippen MR) is 146 cm³/mol. The van der Waals surface area contributed by atoms with Gasteiger partial charge >= 0.3 is 0 Å². The second-order valence-corrected chi connectivity index (χ2v) is 9.32. The first-order chi connectivity index (χ1) is 16.7. The minimum Gasteiger partial charge on any atom is -0.354 e. The Hall–Kier alpha value is -4.30. The lowest BCUT2D eigenvalue weighted by atomic mass is 9.87. The van der Waals surface area contributed by atoms with Gasteiger partial charge in [0, 0.05) is 43.7 Å². The van der Waals surface area contributed by atoms with Crippen molar-refractivity contribution in [1.82, 2.24) is 9.97 Å². The van der Waals surface area contributed by atoms with E-state index in [0.29, 0.717) is 0 Å². The van der Waals surface area contributed by atoms with Gasteiger partial charge in [-0.1, -0.05) is 96.1 Å². The maximum atomic E-state index is 3.80. The molecule has 2 heterocycles. The van der Waals surface area contributed by atoms with E-state index in [4.69, 9.17) is 0 Å². The fourth-order valence-corrected chi connectivity index (χ4v) is 5.45. The molecular formula is C32H24N2. The minimum absolute atomic E-state index is 1.16. The normalized spacial score (nSPS) is 11.8. The molecule has 7 aromatic rings. The third-order valence-corrected chi connectivity index (χ3v) is 7.09. The zero-order chi connectivity index (χ0) is 22.8. The average Bonchev–Trinajstić information content (AvgIpc) is 3.43. The molecule has 0 amide bonds. The van der Waals surface area contributed by atoms with Crippen LogP contribution in [0.2, 0.25) is 0 Å². The van der Waals surface area contributed by atoms with Gasteiger partial charge < -0.3 is 9.97 Å². The molecule has 2 aromatic heterocycles. The highest BCUT2D eigenvalue weighted by Crippen LogP contribution is 2.48. The minimum atomic E-state index is 1.16. The molecule has 0 atom stereocenters. The van der Waals surface area contributed by atoms with Crippen LogP contribution in [0, 0.1) is 13.8 Å². The van der Waals surface area contributed by atoms with E-state index >= 15 is 0 Å². The molecule has 2 nitrogen and oxygen atoms in total. The molecule has 7 rings (SSSR count). The highest BCUT2D eigenvalue weighted by atomic mass is 14.8. The van der Waals surface area contributed by atoms with Gasteiger partial charge in [-0.25, -0.2) is 0 Å². The zero-order valence-corrected chi connectivity index (χ0v) is 19.2. The molecule has 2 N–H and O–H groups in total. The summed E-state index contributed by atoms with van der Waals surface area (Å²) in [6.07, 6.45) is 0. The number of para-hydroxylation sites is 2. The van der Waals surface area contributed by atoms with Crippen LogP contribution in [0.15, 0.2) is 97.1 Å². The fraction of sp³-hybridized carbons (Fsp3) is 0.0625. The van der Waals surface area contributed by atoms with E-state index in [-0.39, 0.29) is 0 Å². The third kappa shape index (κ3) is 2.69. The highest BCUT2D eigenvalue weighted by Gasteiger charge is 2.23. The number of nitrogens with one attached hydrogen (secondary N) is 2. The van der Waals surface area contributed by atoms with Crippen molar-refractivity contribution < 1.29 is 0 Å². The molecule has 0 spiro atoms. The molecule has 5 aromatic carbocycles. The molecule has 0 aliphatic carbocycles. The Morgan fingerprint density at radius 3 is 1.50 bits per heavy atom. The van der Waals surface area contributed by atoms with Crippen molar-refractivity contribution in [3.8, 4) is 22.3 Å². The van der Waals surface area contributed by atoms with E-state index in [2.05, 4.69) is 121 Å². The Morgan fingerprint density at radius 1 is 0.441 bits per heavy atom. The van der Waals surface area contributed by atoms with Gasteiger partial charge in [-0.15, -0.1) is 0 Å². The van der Waals surface area contributed by atoms with Crippen molar-refractivity contribution in [3.63, 3.8) is 0 Å². The standard InChI is InChI=1S/C32H24N2/c1-19-11-15-21(16-12-19)27-28(22-17-13-20(2)14-18-22)31-30(24-8-4-6-10-26(24)33-31)32-29(27)23-7-3-5-9-25(23)34-32/h3-18,33-34H,1-2H3. The van der Waals surface area contributed by atoms with Crippen molar-refractivity contribution in [2.75, 3.05) is 0 Å². The number of aromatic amines is 2. The largest absolute Gasteiger partial charge is 0.354 e. The Bertz CT molecular complexity index is 1850. The van der Waals surface area contributed by atoms with E-state index < -0.39 is 0 Å². The van der Waals surface area contributed by atoms with Gasteiger partial charge in [-0.05, 0) is 37.1 Å². The monoisotopic (exact) mass is 436 g/mol. The van der Waals surface area contributed by atoms with Gasteiger partial charge in [-0.3, -0.25) is 0 Å². The second kappa shape index (κ2) is 7.10. The van der Waals surface area contributed by atoms with Crippen LogP contribution in [-0.2, 0) is 0 Å². The third-order valence-electron chi connectivity index (χ3n) is 7.09. The molecule has 0 saturated heterocycles. The summed E-state index contributed by atoms with van der Waals surface area (Å²) in [5.74, 6) is 0. The summed E-state index contributed by atoms with van der Waals surface area (Å²) in [7, 11) is 0. The van der Waals surface area contributed by atoms with E-state index in [1.807, 2.05) is 0 Å². The molecule has 0 aliphatic heterocycles. The number of fused-ring (bicyclic) bond motifs is 7.